The molecule has 80 valence electrons. The Balaban J connectivity index is 2.46. The van der Waals surface area contributed by atoms with Crippen LogP contribution in [0.5, 0.6) is 0 Å². The third kappa shape index (κ3) is 2.00. The number of halogens is 1. The van der Waals surface area contributed by atoms with E-state index in [9.17, 15) is 4.79 Å². The number of nitrogens with zero attached hydrogens (tertiary/aromatic N) is 1. The van der Waals surface area contributed by atoms with E-state index < -0.39 is 0 Å². The summed E-state index contributed by atoms with van der Waals surface area (Å²) >= 11 is 3.40. The molecule has 0 bridgehead atoms. The van der Waals surface area contributed by atoms with Crippen molar-refractivity contribution in [1.82, 2.24) is 0 Å². The Bertz CT molecular complexity index is 406. The lowest BCUT2D eigenvalue weighted by molar-refractivity contribution is -0.119. The van der Waals surface area contributed by atoms with E-state index in [1.165, 1.54) is 0 Å². The van der Waals surface area contributed by atoms with Crippen LogP contribution < -0.4 is 10.2 Å². The predicted octanol–water partition coefficient (Wildman–Crippen LogP) is 2.47. The van der Waals surface area contributed by atoms with Gasteiger partial charge >= 0.3 is 0 Å². The summed E-state index contributed by atoms with van der Waals surface area (Å²) < 4.78 is 0.976. The third-order valence-electron chi connectivity index (χ3n) is 2.62. The number of carbonyl (C=O) groups is 1. The van der Waals surface area contributed by atoms with Crippen LogP contribution in [-0.4, -0.2) is 19.5 Å². The maximum Gasteiger partial charge on any atom is 0.229 e. The van der Waals surface area contributed by atoms with Crippen molar-refractivity contribution in [2.75, 3.05) is 23.8 Å². The Hall–Kier alpha value is -1.03. The molecule has 1 N–H and O–H groups in total. The van der Waals surface area contributed by atoms with Crippen molar-refractivity contribution < 1.29 is 4.79 Å². The van der Waals surface area contributed by atoms with Crippen LogP contribution in [0.1, 0.15) is 6.92 Å². The molecule has 0 fully saturated rings. The summed E-state index contributed by atoms with van der Waals surface area (Å²) in [7, 11) is 2.00. The second-order valence-electron chi connectivity index (χ2n) is 3.93. The largest absolute Gasteiger partial charge is 0.372 e. The Labute approximate surface area is 97.6 Å². The first-order chi connectivity index (χ1) is 7.08. The average Bonchev–Trinajstić information content (AvgIpc) is 2.25. The molecule has 0 saturated carbocycles. The number of hydrogen-bond acceptors (Lipinski definition) is 2. The molecule has 1 aliphatic heterocycles. The number of amides is 1. The zero-order valence-corrected chi connectivity index (χ0v) is 10.3. The summed E-state index contributed by atoms with van der Waals surface area (Å²) in [5.41, 5.74) is 1.94. The lowest BCUT2D eigenvalue weighted by Gasteiger charge is -2.19. The topological polar surface area (TPSA) is 32.3 Å². The van der Waals surface area contributed by atoms with E-state index in [-0.39, 0.29) is 11.8 Å². The standard InChI is InChI=1S/C11H13BrN2O/c1-7-6-14(2)10-4-3-8(12)5-9(10)13-11(7)15/h3-5,7H,6H2,1-2H3,(H,13,15). The van der Waals surface area contributed by atoms with Gasteiger partial charge in [-0.1, -0.05) is 22.9 Å². The van der Waals surface area contributed by atoms with E-state index in [4.69, 9.17) is 0 Å². The Kier molecular flexibility index (Phi) is 2.69. The van der Waals surface area contributed by atoms with Crippen molar-refractivity contribution in [3.8, 4) is 0 Å². The zero-order valence-electron chi connectivity index (χ0n) is 8.75. The summed E-state index contributed by atoms with van der Waals surface area (Å²) in [5.74, 6) is 0.0971. The van der Waals surface area contributed by atoms with Crippen LogP contribution in [0.3, 0.4) is 0 Å². The van der Waals surface area contributed by atoms with Crippen LogP contribution in [0.25, 0.3) is 0 Å². The number of carbonyl (C=O) groups excluding carboxylic acids is 1. The molecule has 4 heteroatoms. The first-order valence-corrected chi connectivity index (χ1v) is 5.69. The molecule has 1 unspecified atom stereocenters. The molecule has 0 radical (unpaired) electrons. The second kappa shape index (κ2) is 3.85. The molecule has 3 nitrogen and oxygen atoms in total. The van der Waals surface area contributed by atoms with Gasteiger partial charge in [-0.05, 0) is 18.2 Å². The van der Waals surface area contributed by atoms with Gasteiger partial charge in [0.05, 0.1) is 17.3 Å². The molecule has 0 aromatic heterocycles. The molecule has 1 atom stereocenters. The highest BCUT2D eigenvalue weighted by atomic mass is 79.9. The van der Waals surface area contributed by atoms with Crippen molar-refractivity contribution in [3.05, 3.63) is 22.7 Å². The van der Waals surface area contributed by atoms with Crippen molar-refractivity contribution in [2.45, 2.75) is 6.92 Å². The SMILES string of the molecule is CC1CN(C)c2ccc(Br)cc2NC1=O. The number of hydrogen-bond donors (Lipinski definition) is 1. The smallest absolute Gasteiger partial charge is 0.229 e. The molecule has 1 aromatic carbocycles. The van der Waals surface area contributed by atoms with Gasteiger partial charge in [0, 0.05) is 18.1 Å². The van der Waals surface area contributed by atoms with Crippen LogP contribution in [0, 0.1) is 5.92 Å². The minimum absolute atomic E-state index is 0.0150. The molecule has 2 rings (SSSR count). The van der Waals surface area contributed by atoms with Crippen molar-refractivity contribution in [2.24, 2.45) is 5.92 Å². The van der Waals surface area contributed by atoms with Crippen LogP contribution in [-0.2, 0) is 4.79 Å². The van der Waals surface area contributed by atoms with E-state index in [1.807, 2.05) is 32.2 Å². The number of benzene rings is 1. The normalized spacial score (nSPS) is 20.6. The van der Waals surface area contributed by atoms with Gasteiger partial charge in [0.25, 0.3) is 0 Å². The molecule has 1 amide bonds. The van der Waals surface area contributed by atoms with Gasteiger partial charge in [-0.2, -0.15) is 0 Å². The Morgan fingerprint density at radius 2 is 2.27 bits per heavy atom. The lowest BCUT2D eigenvalue weighted by atomic mass is 10.1. The van der Waals surface area contributed by atoms with Gasteiger partial charge in [0.2, 0.25) is 5.91 Å². The van der Waals surface area contributed by atoms with Gasteiger partial charge in [-0.15, -0.1) is 0 Å². The fourth-order valence-electron chi connectivity index (χ4n) is 1.79. The van der Waals surface area contributed by atoms with Crippen molar-refractivity contribution in [3.63, 3.8) is 0 Å². The second-order valence-corrected chi connectivity index (χ2v) is 4.85. The maximum atomic E-state index is 11.7. The van der Waals surface area contributed by atoms with Gasteiger partial charge in [0.1, 0.15) is 0 Å². The van der Waals surface area contributed by atoms with Crippen molar-refractivity contribution in [1.29, 1.82) is 0 Å². The Morgan fingerprint density at radius 1 is 1.53 bits per heavy atom. The number of fused-ring (bicyclic) bond motifs is 1. The molecule has 0 saturated heterocycles. The lowest BCUT2D eigenvalue weighted by Crippen LogP contribution is -2.27. The van der Waals surface area contributed by atoms with E-state index in [0.717, 1.165) is 22.4 Å². The van der Waals surface area contributed by atoms with Crippen molar-refractivity contribution >= 4 is 33.2 Å². The van der Waals surface area contributed by atoms with E-state index in [1.54, 1.807) is 0 Å². The van der Waals surface area contributed by atoms with Gasteiger partial charge < -0.3 is 10.2 Å². The highest BCUT2D eigenvalue weighted by molar-refractivity contribution is 9.10. The fraction of sp³-hybridized carbons (Fsp3) is 0.364. The quantitative estimate of drug-likeness (QED) is 0.784. The molecule has 15 heavy (non-hydrogen) atoms. The highest BCUT2D eigenvalue weighted by Crippen LogP contribution is 2.31. The molecular formula is C11H13BrN2O. The van der Waals surface area contributed by atoms with Gasteiger partial charge in [-0.3, -0.25) is 4.79 Å². The summed E-state index contributed by atoms with van der Waals surface area (Å²) in [6.07, 6.45) is 0. The molecule has 1 aromatic rings. The van der Waals surface area contributed by atoms with Gasteiger partial charge in [-0.25, -0.2) is 0 Å². The predicted molar refractivity (Wildman–Crippen MR) is 65.2 cm³/mol. The summed E-state index contributed by atoms with van der Waals surface area (Å²) in [6.45, 7) is 2.69. The van der Waals surface area contributed by atoms with Crippen LogP contribution >= 0.6 is 15.9 Å². The fourth-order valence-corrected chi connectivity index (χ4v) is 2.15. The minimum atomic E-state index is 0.0150. The molecule has 0 spiro atoms. The first kappa shape index (κ1) is 10.5. The summed E-state index contributed by atoms with van der Waals surface area (Å²) in [6, 6.07) is 5.93. The molecule has 1 heterocycles. The Morgan fingerprint density at radius 3 is 3.00 bits per heavy atom. The maximum absolute atomic E-state index is 11.7. The van der Waals surface area contributed by atoms with Crippen LogP contribution in [0.2, 0.25) is 0 Å². The van der Waals surface area contributed by atoms with E-state index in [0.29, 0.717) is 0 Å². The monoisotopic (exact) mass is 268 g/mol. The minimum Gasteiger partial charge on any atom is -0.372 e. The van der Waals surface area contributed by atoms with Crippen LogP contribution in [0.15, 0.2) is 22.7 Å². The first-order valence-electron chi connectivity index (χ1n) is 4.89. The zero-order chi connectivity index (χ0) is 11.0. The molecule has 0 aliphatic carbocycles. The molecule has 1 aliphatic rings. The van der Waals surface area contributed by atoms with Gasteiger partial charge in [0.15, 0.2) is 0 Å². The number of anilines is 2. The van der Waals surface area contributed by atoms with E-state index in [2.05, 4.69) is 26.1 Å². The molecular weight excluding hydrogens is 256 g/mol. The third-order valence-corrected chi connectivity index (χ3v) is 3.12. The number of nitrogens with one attached hydrogen (secondary N) is 1. The van der Waals surface area contributed by atoms with E-state index >= 15 is 0 Å². The highest BCUT2D eigenvalue weighted by Gasteiger charge is 2.22. The average molecular weight is 269 g/mol. The summed E-state index contributed by atoms with van der Waals surface area (Å²) in [4.78, 5) is 13.8. The number of rotatable bonds is 0. The summed E-state index contributed by atoms with van der Waals surface area (Å²) in [5, 5.41) is 2.93. The van der Waals surface area contributed by atoms with Crippen LogP contribution in [0.4, 0.5) is 11.4 Å².